The van der Waals surface area contributed by atoms with Crippen LogP contribution in [-0.2, 0) is 17.6 Å². The minimum absolute atomic E-state index is 0.00967. The summed E-state index contributed by atoms with van der Waals surface area (Å²) >= 11 is 0. The highest BCUT2D eigenvalue weighted by Gasteiger charge is 2.23. The molecule has 0 aromatic heterocycles. The molecule has 0 aliphatic carbocycles. The molecule has 0 saturated heterocycles. The molecule has 0 radical (unpaired) electrons. The number of carbonyl (C=O) groups is 2. The van der Waals surface area contributed by atoms with E-state index >= 15 is 0 Å². The van der Waals surface area contributed by atoms with Gasteiger partial charge in [0.05, 0.1) is 0 Å². The molecule has 0 saturated carbocycles. The predicted molar refractivity (Wildman–Crippen MR) is 119 cm³/mol. The van der Waals surface area contributed by atoms with Gasteiger partial charge < -0.3 is 36.2 Å². The summed E-state index contributed by atoms with van der Waals surface area (Å²) in [5.41, 5.74) is 0.980. The fourth-order valence-corrected chi connectivity index (χ4v) is 3.21. The highest BCUT2D eigenvalue weighted by molar-refractivity contribution is 5.98. The van der Waals surface area contributed by atoms with Gasteiger partial charge in [0.15, 0.2) is 34.6 Å². The first-order valence-corrected chi connectivity index (χ1v) is 10.2. The van der Waals surface area contributed by atoms with Crippen LogP contribution in [0, 0.1) is 5.82 Å². The number of benzene rings is 3. The van der Waals surface area contributed by atoms with Crippen molar-refractivity contribution in [3.8, 4) is 28.7 Å². The van der Waals surface area contributed by atoms with Crippen LogP contribution in [-0.4, -0.2) is 49.9 Å². The Morgan fingerprint density at radius 3 is 2.03 bits per heavy atom. The van der Waals surface area contributed by atoms with Crippen LogP contribution in [0.4, 0.5) is 4.39 Å². The van der Waals surface area contributed by atoms with E-state index in [9.17, 15) is 39.5 Å². The summed E-state index contributed by atoms with van der Waals surface area (Å²) in [6.07, 6.45) is 0.221. The van der Waals surface area contributed by atoms with Crippen molar-refractivity contribution < 1.29 is 39.5 Å². The molecule has 3 rings (SSSR count). The number of aromatic hydroxyl groups is 5. The van der Waals surface area contributed by atoms with Gasteiger partial charge in [0.25, 0.3) is 5.91 Å². The maximum atomic E-state index is 13.8. The van der Waals surface area contributed by atoms with Crippen LogP contribution < -0.4 is 10.6 Å². The van der Waals surface area contributed by atoms with Crippen LogP contribution >= 0.6 is 0 Å². The van der Waals surface area contributed by atoms with Gasteiger partial charge in [-0.15, -0.1) is 0 Å². The Bertz CT molecular complexity index is 1220. The third-order valence-corrected chi connectivity index (χ3v) is 5.06. The molecular weight excluding hydrogens is 447 g/mol. The molecular formula is C24H23FN2O7. The number of phenols is 5. The van der Waals surface area contributed by atoms with E-state index in [1.54, 1.807) is 6.07 Å². The molecule has 0 aliphatic heterocycles. The third kappa shape index (κ3) is 6.06. The van der Waals surface area contributed by atoms with Gasteiger partial charge in [-0.25, -0.2) is 4.39 Å². The number of halogens is 1. The quantitative estimate of drug-likeness (QED) is 0.248. The second-order valence-electron chi connectivity index (χ2n) is 7.58. The lowest BCUT2D eigenvalue weighted by atomic mass is 10.0. The smallest absolute Gasteiger partial charge is 0.252 e. The van der Waals surface area contributed by atoms with Gasteiger partial charge in [0.1, 0.15) is 6.04 Å². The van der Waals surface area contributed by atoms with E-state index < -0.39 is 40.9 Å². The zero-order valence-corrected chi connectivity index (χ0v) is 17.8. The van der Waals surface area contributed by atoms with Gasteiger partial charge in [-0.2, -0.15) is 0 Å². The summed E-state index contributed by atoms with van der Waals surface area (Å²) < 4.78 is 13.8. The van der Waals surface area contributed by atoms with Gasteiger partial charge >= 0.3 is 0 Å². The lowest BCUT2D eigenvalue weighted by Gasteiger charge is -2.19. The monoisotopic (exact) mass is 470 g/mol. The van der Waals surface area contributed by atoms with E-state index in [0.29, 0.717) is 17.5 Å². The number of rotatable bonds is 8. The number of hydrogen-bond donors (Lipinski definition) is 7. The fourth-order valence-electron chi connectivity index (χ4n) is 3.21. The maximum absolute atomic E-state index is 13.8. The standard InChI is InChI=1S/C24H23FN2O7/c25-16-9-14(2-4-18(16)28)10-17(27-23(33)15-3-6-20(30)22(32)12-15)24(34)26-8-7-13-1-5-19(29)21(31)11-13/h1-6,9,11-12,17,28-32H,7-8,10H2,(H,26,34)(H,27,33). The van der Waals surface area contributed by atoms with Crippen molar-refractivity contribution in [1.29, 1.82) is 0 Å². The first-order valence-electron chi connectivity index (χ1n) is 10.2. The van der Waals surface area contributed by atoms with Gasteiger partial charge in [0.2, 0.25) is 5.91 Å². The topological polar surface area (TPSA) is 159 Å². The van der Waals surface area contributed by atoms with Gasteiger partial charge in [-0.05, 0) is 60.0 Å². The van der Waals surface area contributed by atoms with Crippen molar-refractivity contribution in [2.24, 2.45) is 0 Å². The summed E-state index contributed by atoms with van der Waals surface area (Å²) in [7, 11) is 0. The average molecular weight is 470 g/mol. The first kappa shape index (κ1) is 24.2. The second-order valence-corrected chi connectivity index (χ2v) is 7.58. The van der Waals surface area contributed by atoms with Crippen LogP contribution in [0.3, 0.4) is 0 Å². The van der Waals surface area contributed by atoms with Crippen LogP contribution in [0.5, 0.6) is 28.7 Å². The highest BCUT2D eigenvalue weighted by atomic mass is 19.1. The molecule has 0 bridgehead atoms. The first-order chi connectivity index (χ1) is 16.1. The third-order valence-electron chi connectivity index (χ3n) is 5.06. The van der Waals surface area contributed by atoms with Crippen LogP contribution in [0.15, 0.2) is 54.6 Å². The fraction of sp³-hybridized carbons (Fsp3) is 0.167. The second kappa shape index (κ2) is 10.4. The van der Waals surface area contributed by atoms with Crippen LogP contribution in [0.25, 0.3) is 0 Å². The summed E-state index contributed by atoms with van der Waals surface area (Å²) in [5.74, 6) is -4.19. The van der Waals surface area contributed by atoms with E-state index in [2.05, 4.69) is 10.6 Å². The maximum Gasteiger partial charge on any atom is 0.252 e. The Hall–Kier alpha value is -4.47. The molecule has 2 amide bonds. The summed E-state index contributed by atoms with van der Waals surface area (Å²) in [6, 6.07) is 10.1. The lowest BCUT2D eigenvalue weighted by molar-refractivity contribution is -0.122. The molecule has 3 aromatic carbocycles. The molecule has 178 valence electrons. The van der Waals surface area contributed by atoms with Crippen molar-refractivity contribution in [3.63, 3.8) is 0 Å². The summed E-state index contributed by atoms with van der Waals surface area (Å²) in [5, 5.41) is 52.6. The molecule has 34 heavy (non-hydrogen) atoms. The Balaban J connectivity index is 1.73. The van der Waals surface area contributed by atoms with Crippen molar-refractivity contribution in [1.82, 2.24) is 10.6 Å². The van der Waals surface area contributed by atoms with E-state index in [1.807, 2.05) is 0 Å². The summed E-state index contributed by atoms with van der Waals surface area (Å²) in [4.78, 5) is 25.5. The molecule has 0 spiro atoms. The largest absolute Gasteiger partial charge is 0.505 e. The number of hydrogen-bond acceptors (Lipinski definition) is 7. The Morgan fingerprint density at radius 2 is 1.38 bits per heavy atom. The number of nitrogens with one attached hydrogen (secondary N) is 2. The van der Waals surface area contributed by atoms with Crippen LogP contribution in [0.1, 0.15) is 21.5 Å². The van der Waals surface area contributed by atoms with Crippen molar-refractivity contribution in [2.45, 2.75) is 18.9 Å². The molecule has 9 nitrogen and oxygen atoms in total. The average Bonchev–Trinajstić information content (AvgIpc) is 2.79. The Kier molecular flexibility index (Phi) is 7.42. The van der Waals surface area contributed by atoms with Gasteiger partial charge in [-0.3, -0.25) is 9.59 Å². The minimum Gasteiger partial charge on any atom is -0.505 e. The zero-order valence-electron chi connectivity index (χ0n) is 17.8. The zero-order chi connectivity index (χ0) is 24.8. The number of phenolic OH excluding ortho intramolecular Hbond substituents is 5. The van der Waals surface area contributed by atoms with E-state index in [4.69, 9.17) is 0 Å². The number of carbonyl (C=O) groups excluding carboxylic acids is 2. The molecule has 1 atom stereocenters. The van der Waals surface area contributed by atoms with E-state index in [0.717, 1.165) is 24.3 Å². The molecule has 10 heteroatoms. The van der Waals surface area contributed by atoms with Gasteiger partial charge in [-0.1, -0.05) is 12.1 Å². The Morgan fingerprint density at radius 1 is 0.765 bits per heavy atom. The SMILES string of the molecule is O=C(NC(Cc1ccc(O)c(F)c1)C(=O)NCCc1ccc(O)c(O)c1)c1ccc(O)c(O)c1. The normalized spacial score (nSPS) is 11.6. The summed E-state index contributed by atoms with van der Waals surface area (Å²) in [6.45, 7) is 0.138. The molecule has 0 aliphatic rings. The molecule has 3 aromatic rings. The molecule has 1 unspecified atom stereocenters. The predicted octanol–water partition coefficient (Wildman–Crippen LogP) is 2.05. The van der Waals surface area contributed by atoms with Crippen molar-refractivity contribution in [2.75, 3.05) is 6.54 Å². The highest BCUT2D eigenvalue weighted by Crippen LogP contribution is 2.26. The van der Waals surface area contributed by atoms with Gasteiger partial charge in [0, 0.05) is 18.5 Å². The molecule has 0 fully saturated rings. The van der Waals surface area contributed by atoms with Crippen molar-refractivity contribution >= 4 is 11.8 Å². The number of amides is 2. The van der Waals surface area contributed by atoms with Crippen LogP contribution in [0.2, 0.25) is 0 Å². The lowest BCUT2D eigenvalue weighted by Crippen LogP contribution is -2.48. The molecule has 0 heterocycles. The molecule has 7 N–H and O–H groups in total. The minimum atomic E-state index is -1.14. The Labute approximate surface area is 193 Å². The van der Waals surface area contributed by atoms with E-state index in [1.165, 1.54) is 24.3 Å². The van der Waals surface area contributed by atoms with Crippen molar-refractivity contribution in [3.05, 3.63) is 77.1 Å². The van der Waals surface area contributed by atoms with E-state index in [-0.39, 0.29) is 30.0 Å².